The Morgan fingerprint density at radius 3 is 2.61 bits per heavy atom. The number of benzene rings is 2. The van der Waals surface area contributed by atoms with Gasteiger partial charge < -0.3 is 10.0 Å². The number of aryl methyl sites for hydroxylation is 2. The highest BCUT2D eigenvalue weighted by atomic mass is 16.3. The highest BCUT2D eigenvalue weighted by molar-refractivity contribution is 6.06. The van der Waals surface area contributed by atoms with E-state index >= 15 is 0 Å². The lowest BCUT2D eigenvalue weighted by Crippen LogP contribution is -2.43. The molecule has 3 aromatic rings. The average Bonchev–Trinajstić information content (AvgIpc) is 3.06. The van der Waals surface area contributed by atoms with Gasteiger partial charge >= 0.3 is 0 Å². The first-order valence-corrected chi connectivity index (χ1v) is 13.5. The maximum Gasteiger partial charge on any atom is 0.258 e. The van der Waals surface area contributed by atoms with E-state index in [9.17, 15) is 9.90 Å². The number of pyridine rings is 1. The van der Waals surface area contributed by atoms with Crippen molar-refractivity contribution in [1.29, 1.82) is 0 Å². The molecule has 0 radical (unpaired) electrons. The van der Waals surface area contributed by atoms with Gasteiger partial charge in [0.15, 0.2) is 0 Å². The SMILES string of the molecule is CC.Cc1ncccc1N(C)C(=O)c1ccc2c(c1)CCCC1CC(O)CCC21Cc1ccccc1. The molecule has 2 aliphatic carbocycles. The maximum atomic E-state index is 13.4. The Bertz CT molecular complexity index is 1180. The molecule has 2 aliphatic rings. The van der Waals surface area contributed by atoms with Gasteiger partial charge in [0.1, 0.15) is 0 Å². The van der Waals surface area contributed by atoms with Crippen LogP contribution < -0.4 is 4.90 Å². The first-order chi connectivity index (χ1) is 17.5. The number of hydrogen-bond donors (Lipinski definition) is 1. The number of rotatable bonds is 4. The van der Waals surface area contributed by atoms with Crippen LogP contribution >= 0.6 is 0 Å². The van der Waals surface area contributed by atoms with Crippen LogP contribution in [0.5, 0.6) is 0 Å². The van der Waals surface area contributed by atoms with Crippen molar-refractivity contribution < 1.29 is 9.90 Å². The lowest BCUT2D eigenvalue weighted by atomic mass is 9.58. The zero-order valence-corrected chi connectivity index (χ0v) is 22.2. The van der Waals surface area contributed by atoms with Crippen LogP contribution in [-0.2, 0) is 18.3 Å². The fraction of sp³-hybridized carbons (Fsp3) is 0.438. The van der Waals surface area contributed by atoms with Gasteiger partial charge in [-0.15, -0.1) is 0 Å². The number of carbonyl (C=O) groups is 1. The Morgan fingerprint density at radius 2 is 1.86 bits per heavy atom. The Hall–Kier alpha value is -2.98. The summed E-state index contributed by atoms with van der Waals surface area (Å²) >= 11 is 0. The number of amides is 1. The lowest BCUT2D eigenvalue weighted by Gasteiger charge is -2.46. The molecule has 1 aromatic heterocycles. The highest BCUT2D eigenvalue weighted by Gasteiger charge is 2.46. The summed E-state index contributed by atoms with van der Waals surface area (Å²) in [7, 11) is 1.83. The molecular weight excluding hydrogens is 444 g/mol. The molecule has 0 saturated heterocycles. The second kappa shape index (κ2) is 11.4. The molecule has 0 bridgehead atoms. The summed E-state index contributed by atoms with van der Waals surface area (Å²) in [6, 6.07) is 21.0. The van der Waals surface area contributed by atoms with Crippen LogP contribution in [0.4, 0.5) is 5.69 Å². The summed E-state index contributed by atoms with van der Waals surface area (Å²) in [5.41, 5.74) is 6.47. The van der Waals surface area contributed by atoms with Crippen molar-refractivity contribution in [2.24, 2.45) is 5.92 Å². The molecule has 3 atom stereocenters. The molecule has 3 unspecified atom stereocenters. The smallest absolute Gasteiger partial charge is 0.258 e. The molecular formula is C32H40N2O2. The van der Waals surface area contributed by atoms with Crippen molar-refractivity contribution >= 4 is 11.6 Å². The Kier molecular flexibility index (Phi) is 8.25. The number of aromatic nitrogens is 1. The van der Waals surface area contributed by atoms with Gasteiger partial charge in [-0.1, -0.05) is 50.2 Å². The third-order valence-corrected chi connectivity index (χ3v) is 8.16. The van der Waals surface area contributed by atoms with E-state index in [1.165, 1.54) is 16.7 Å². The normalized spacial score (nSPS) is 22.8. The number of hydrogen-bond acceptors (Lipinski definition) is 3. The van der Waals surface area contributed by atoms with E-state index in [-0.39, 0.29) is 17.4 Å². The van der Waals surface area contributed by atoms with E-state index < -0.39 is 0 Å². The van der Waals surface area contributed by atoms with Crippen LogP contribution in [0.2, 0.25) is 0 Å². The lowest BCUT2D eigenvalue weighted by molar-refractivity contribution is 0.0468. The Balaban J connectivity index is 0.00000148. The van der Waals surface area contributed by atoms with Gasteiger partial charge in [-0.05, 0) is 98.7 Å². The van der Waals surface area contributed by atoms with Gasteiger partial charge in [-0.2, -0.15) is 0 Å². The maximum absolute atomic E-state index is 13.4. The molecule has 0 spiro atoms. The highest BCUT2D eigenvalue weighted by Crippen LogP contribution is 2.51. The topological polar surface area (TPSA) is 53.4 Å². The Morgan fingerprint density at radius 1 is 1.08 bits per heavy atom. The summed E-state index contributed by atoms with van der Waals surface area (Å²) in [6.45, 7) is 5.93. The van der Waals surface area contributed by atoms with Gasteiger partial charge in [0, 0.05) is 24.2 Å². The molecule has 1 saturated carbocycles. The molecule has 0 aliphatic heterocycles. The molecule has 1 fully saturated rings. The average molecular weight is 485 g/mol. The summed E-state index contributed by atoms with van der Waals surface area (Å²) in [5.74, 6) is 0.454. The van der Waals surface area contributed by atoms with Crippen molar-refractivity contribution in [3.05, 3.63) is 94.8 Å². The summed E-state index contributed by atoms with van der Waals surface area (Å²) in [4.78, 5) is 19.5. The van der Waals surface area contributed by atoms with E-state index in [1.54, 1.807) is 11.1 Å². The predicted octanol–water partition coefficient (Wildman–Crippen LogP) is 6.67. The molecule has 36 heavy (non-hydrogen) atoms. The summed E-state index contributed by atoms with van der Waals surface area (Å²) in [6.07, 6.45) is 8.43. The second-order valence-electron chi connectivity index (χ2n) is 10.2. The zero-order valence-electron chi connectivity index (χ0n) is 22.2. The quantitative estimate of drug-likeness (QED) is 0.450. The van der Waals surface area contributed by atoms with E-state index in [4.69, 9.17) is 0 Å². The van der Waals surface area contributed by atoms with Crippen LogP contribution in [0.3, 0.4) is 0 Å². The first kappa shape index (κ1) is 26.1. The fourth-order valence-electron chi connectivity index (χ4n) is 6.43. The monoisotopic (exact) mass is 484 g/mol. The predicted molar refractivity (Wildman–Crippen MR) is 148 cm³/mol. The third-order valence-electron chi connectivity index (χ3n) is 8.16. The second-order valence-corrected chi connectivity index (χ2v) is 10.2. The van der Waals surface area contributed by atoms with Crippen LogP contribution in [0.15, 0.2) is 66.9 Å². The minimum atomic E-state index is -0.201. The standard InChI is InChI=1S/C30H34N2O2.C2H6/c1-21-28(12-7-17-31-21)32(2)29(34)24-13-14-27-23(18-24)10-6-11-25-19-26(33)15-16-30(25,27)20-22-8-4-3-5-9-22;1-2/h3-5,7-9,12-14,17-18,25-26,33H,6,10-11,15-16,19-20H2,1-2H3;1-2H3. The van der Waals surface area contributed by atoms with Crippen LogP contribution in [0.25, 0.3) is 0 Å². The van der Waals surface area contributed by atoms with Crippen LogP contribution in [0, 0.1) is 12.8 Å². The Labute approximate surface area is 216 Å². The number of aliphatic hydroxyl groups excluding tert-OH is 1. The fourth-order valence-corrected chi connectivity index (χ4v) is 6.43. The van der Waals surface area contributed by atoms with Gasteiger partial charge in [0.25, 0.3) is 5.91 Å². The van der Waals surface area contributed by atoms with E-state index in [2.05, 4.69) is 47.4 Å². The van der Waals surface area contributed by atoms with E-state index in [0.717, 1.165) is 61.9 Å². The van der Waals surface area contributed by atoms with E-state index in [0.29, 0.717) is 5.92 Å². The molecule has 4 nitrogen and oxygen atoms in total. The third kappa shape index (κ3) is 5.10. The number of carbonyl (C=O) groups excluding carboxylic acids is 1. The van der Waals surface area contributed by atoms with Gasteiger partial charge in [-0.3, -0.25) is 9.78 Å². The summed E-state index contributed by atoms with van der Waals surface area (Å²) < 4.78 is 0. The molecule has 5 rings (SSSR count). The minimum absolute atomic E-state index is 0.00382. The van der Waals surface area contributed by atoms with Crippen molar-refractivity contribution in [3.63, 3.8) is 0 Å². The largest absolute Gasteiger partial charge is 0.393 e. The number of fused-ring (bicyclic) bond motifs is 3. The van der Waals surface area contributed by atoms with Gasteiger partial charge in [0.05, 0.1) is 17.5 Å². The number of nitrogens with zero attached hydrogens (tertiary/aromatic N) is 2. The number of aliphatic hydroxyl groups is 1. The van der Waals surface area contributed by atoms with Gasteiger partial charge in [-0.25, -0.2) is 0 Å². The van der Waals surface area contributed by atoms with Crippen molar-refractivity contribution in [2.75, 3.05) is 11.9 Å². The van der Waals surface area contributed by atoms with Crippen molar-refractivity contribution in [3.8, 4) is 0 Å². The molecule has 190 valence electrons. The van der Waals surface area contributed by atoms with Crippen molar-refractivity contribution in [1.82, 2.24) is 4.98 Å². The molecule has 2 aromatic carbocycles. The first-order valence-electron chi connectivity index (χ1n) is 13.5. The van der Waals surface area contributed by atoms with Crippen LogP contribution in [-0.4, -0.2) is 29.1 Å². The van der Waals surface area contributed by atoms with E-state index in [1.807, 2.05) is 46.0 Å². The molecule has 1 N–H and O–H groups in total. The van der Waals surface area contributed by atoms with Crippen molar-refractivity contribution in [2.45, 2.75) is 77.2 Å². The zero-order chi connectivity index (χ0) is 25.7. The molecule has 1 heterocycles. The van der Waals surface area contributed by atoms with Crippen LogP contribution in [0.1, 0.15) is 78.7 Å². The molecule has 4 heteroatoms. The van der Waals surface area contributed by atoms with Gasteiger partial charge in [0.2, 0.25) is 0 Å². The minimum Gasteiger partial charge on any atom is -0.393 e. The summed E-state index contributed by atoms with van der Waals surface area (Å²) in [5, 5.41) is 10.5. The number of anilines is 1. The molecule has 1 amide bonds.